The molecule has 0 aliphatic heterocycles. The van der Waals surface area contributed by atoms with Gasteiger partial charge >= 0.3 is 0 Å². The van der Waals surface area contributed by atoms with Gasteiger partial charge < -0.3 is 0 Å². The summed E-state index contributed by atoms with van der Waals surface area (Å²) in [5.74, 6) is -0.497. The fraction of sp³-hybridized carbons (Fsp3) is 0. The lowest BCUT2D eigenvalue weighted by Crippen LogP contribution is -2.01. The van der Waals surface area contributed by atoms with Crippen molar-refractivity contribution in [3.8, 4) is 0 Å². The van der Waals surface area contributed by atoms with Crippen LogP contribution in [0.5, 0.6) is 0 Å². The van der Waals surface area contributed by atoms with Gasteiger partial charge in [-0.1, -0.05) is 11.6 Å². The first kappa shape index (κ1) is 13.5. The average Bonchev–Trinajstić information content (AvgIpc) is 2.58. The molecular weight excluding hydrogens is 441 g/mol. The van der Waals surface area contributed by atoms with Crippen molar-refractivity contribution in [2.24, 2.45) is 0 Å². The van der Waals surface area contributed by atoms with E-state index in [2.05, 4.69) is 15.9 Å². The van der Waals surface area contributed by atoms with E-state index in [1.165, 1.54) is 29.5 Å². The van der Waals surface area contributed by atoms with Crippen molar-refractivity contribution < 1.29 is 9.18 Å². The Morgan fingerprint density at radius 3 is 2.65 bits per heavy atom. The normalized spacial score (nSPS) is 10.6. The Balaban J connectivity index is 2.43. The highest BCUT2D eigenvalue weighted by Crippen LogP contribution is 2.33. The van der Waals surface area contributed by atoms with Crippen molar-refractivity contribution in [3.63, 3.8) is 0 Å². The summed E-state index contributed by atoms with van der Waals surface area (Å²) in [5, 5.41) is 0. The minimum absolute atomic E-state index is 0.146. The fourth-order valence-corrected chi connectivity index (χ4v) is 3.64. The zero-order valence-corrected chi connectivity index (χ0v) is 13.5. The molecule has 88 valence electrons. The van der Waals surface area contributed by atoms with Crippen LogP contribution in [0.1, 0.15) is 15.2 Å². The Morgan fingerprint density at radius 1 is 1.41 bits per heavy atom. The Bertz CT molecular complexity index is 580. The Morgan fingerprint density at radius 2 is 2.12 bits per heavy atom. The quantitative estimate of drug-likeness (QED) is 0.462. The third-order valence-corrected chi connectivity index (χ3v) is 5.41. The number of thiophene rings is 1. The minimum atomic E-state index is -0.351. The zero-order chi connectivity index (χ0) is 12.6. The first-order valence-electron chi connectivity index (χ1n) is 4.43. The lowest BCUT2D eigenvalue weighted by atomic mass is 10.1. The predicted octanol–water partition coefficient (Wildman–Crippen LogP) is 5.14. The van der Waals surface area contributed by atoms with Crippen LogP contribution in [-0.2, 0) is 0 Å². The zero-order valence-electron chi connectivity index (χ0n) is 8.14. The highest BCUT2D eigenvalue weighted by atomic mass is 127. The van der Waals surface area contributed by atoms with E-state index in [-0.39, 0.29) is 11.6 Å². The predicted molar refractivity (Wildman–Crippen MR) is 79.6 cm³/mol. The lowest BCUT2D eigenvalue weighted by Gasteiger charge is -2.01. The molecule has 0 saturated carbocycles. The topological polar surface area (TPSA) is 17.1 Å². The lowest BCUT2D eigenvalue weighted by molar-refractivity contribution is 0.104. The van der Waals surface area contributed by atoms with Crippen LogP contribution in [0.3, 0.4) is 0 Å². The summed E-state index contributed by atoms with van der Waals surface area (Å²) in [6.45, 7) is 0. The van der Waals surface area contributed by atoms with Crippen LogP contribution in [0.4, 0.5) is 4.39 Å². The molecule has 2 aromatic rings. The Hall–Kier alpha value is 0.0200. The number of hydrogen-bond donors (Lipinski definition) is 0. The van der Waals surface area contributed by atoms with E-state index in [0.717, 1.165) is 0 Å². The number of benzene rings is 1. The maximum atomic E-state index is 12.9. The van der Waals surface area contributed by atoms with E-state index in [4.69, 9.17) is 11.6 Å². The first-order valence-corrected chi connectivity index (χ1v) is 7.50. The van der Waals surface area contributed by atoms with Gasteiger partial charge in [0.25, 0.3) is 0 Å². The van der Waals surface area contributed by atoms with Crippen LogP contribution >= 0.6 is 61.5 Å². The van der Waals surface area contributed by atoms with Crippen LogP contribution in [0.15, 0.2) is 28.7 Å². The van der Waals surface area contributed by atoms with Gasteiger partial charge in [0.1, 0.15) is 10.2 Å². The Kier molecular flexibility index (Phi) is 4.22. The largest absolute Gasteiger partial charge is 0.288 e. The fourth-order valence-electron chi connectivity index (χ4n) is 1.26. The van der Waals surface area contributed by atoms with E-state index in [0.29, 0.717) is 22.8 Å². The van der Waals surface area contributed by atoms with Crippen molar-refractivity contribution in [2.75, 3.05) is 0 Å². The standard InChI is InChI=1S/C11H4BrClFIOS/c12-7-4-9(17-11(7)13)10(16)6-2-1-5(14)3-8(6)15/h1-4H. The highest BCUT2D eigenvalue weighted by Gasteiger charge is 2.17. The molecule has 0 unspecified atom stereocenters. The molecule has 0 radical (unpaired) electrons. The number of carbonyl (C=O) groups excluding carboxylic acids is 1. The third-order valence-electron chi connectivity index (χ3n) is 2.04. The number of halogens is 4. The van der Waals surface area contributed by atoms with E-state index in [9.17, 15) is 9.18 Å². The number of carbonyl (C=O) groups is 1. The maximum Gasteiger partial charge on any atom is 0.204 e. The second-order valence-electron chi connectivity index (χ2n) is 3.19. The van der Waals surface area contributed by atoms with E-state index in [1.54, 1.807) is 6.07 Å². The van der Waals surface area contributed by atoms with Gasteiger partial charge in [-0.3, -0.25) is 4.79 Å². The van der Waals surface area contributed by atoms with Crippen molar-refractivity contribution in [3.05, 3.63) is 52.9 Å². The number of hydrogen-bond acceptors (Lipinski definition) is 2. The summed E-state index contributed by atoms with van der Waals surface area (Å²) in [5.41, 5.74) is 0.484. The molecule has 1 aromatic heterocycles. The van der Waals surface area contributed by atoms with Crippen LogP contribution in [0, 0.1) is 9.39 Å². The molecule has 0 fully saturated rings. The van der Waals surface area contributed by atoms with Crippen LogP contribution in [-0.4, -0.2) is 5.78 Å². The van der Waals surface area contributed by atoms with Gasteiger partial charge in [0.05, 0.1) is 4.88 Å². The maximum absolute atomic E-state index is 12.9. The first-order chi connectivity index (χ1) is 7.99. The van der Waals surface area contributed by atoms with Gasteiger partial charge in [-0.05, 0) is 62.8 Å². The van der Waals surface area contributed by atoms with E-state index in [1.807, 2.05) is 22.6 Å². The summed E-state index contributed by atoms with van der Waals surface area (Å²) >= 11 is 12.3. The third kappa shape index (κ3) is 2.89. The molecule has 0 spiro atoms. The monoisotopic (exact) mass is 444 g/mol. The summed E-state index contributed by atoms with van der Waals surface area (Å²) < 4.78 is 14.8. The molecule has 2 rings (SSSR count). The molecule has 17 heavy (non-hydrogen) atoms. The van der Waals surface area contributed by atoms with Gasteiger partial charge in [0, 0.05) is 13.6 Å². The minimum Gasteiger partial charge on any atom is -0.288 e. The molecule has 0 N–H and O–H groups in total. The average molecular weight is 445 g/mol. The second-order valence-corrected chi connectivity index (χ2v) is 6.86. The van der Waals surface area contributed by atoms with Crippen LogP contribution in [0.2, 0.25) is 4.34 Å². The molecule has 1 aromatic carbocycles. The summed E-state index contributed by atoms with van der Waals surface area (Å²) in [6, 6.07) is 5.77. The molecule has 0 atom stereocenters. The van der Waals surface area contributed by atoms with E-state index >= 15 is 0 Å². The summed E-state index contributed by atoms with van der Waals surface area (Å²) in [6.07, 6.45) is 0. The van der Waals surface area contributed by atoms with Gasteiger partial charge in [0.2, 0.25) is 5.78 Å². The molecule has 6 heteroatoms. The molecule has 0 saturated heterocycles. The molecular formula is C11H4BrClFIOS. The Labute approximate surface area is 128 Å². The van der Waals surface area contributed by atoms with Crippen LogP contribution in [0.25, 0.3) is 0 Å². The SMILES string of the molecule is O=C(c1cc(Br)c(Cl)s1)c1ccc(F)cc1I. The summed E-state index contributed by atoms with van der Waals surface area (Å²) in [7, 11) is 0. The number of rotatable bonds is 2. The van der Waals surface area contributed by atoms with Crippen molar-refractivity contribution in [2.45, 2.75) is 0 Å². The molecule has 0 bridgehead atoms. The summed E-state index contributed by atoms with van der Waals surface area (Å²) in [4.78, 5) is 12.7. The molecule has 1 nitrogen and oxygen atoms in total. The molecule has 0 amide bonds. The van der Waals surface area contributed by atoms with Crippen molar-refractivity contribution in [1.29, 1.82) is 0 Å². The van der Waals surface area contributed by atoms with Crippen molar-refractivity contribution >= 4 is 67.2 Å². The molecule has 1 heterocycles. The van der Waals surface area contributed by atoms with Gasteiger partial charge in [0.15, 0.2) is 0 Å². The number of ketones is 1. The molecule has 0 aliphatic carbocycles. The van der Waals surface area contributed by atoms with E-state index < -0.39 is 0 Å². The second kappa shape index (κ2) is 5.34. The van der Waals surface area contributed by atoms with Crippen LogP contribution < -0.4 is 0 Å². The van der Waals surface area contributed by atoms with Gasteiger partial charge in [-0.25, -0.2) is 4.39 Å². The molecule has 0 aliphatic rings. The highest BCUT2D eigenvalue weighted by molar-refractivity contribution is 14.1. The van der Waals surface area contributed by atoms with Gasteiger partial charge in [-0.2, -0.15) is 0 Å². The van der Waals surface area contributed by atoms with Gasteiger partial charge in [-0.15, -0.1) is 11.3 Å². The smallest absolute Gasteiger partial charge is 0.204 e. The van der Waals surface area contributed by atoms with Crippen molar-refractivity contribution in [1.82, 2.24) is 0 Å².